The quantitative estimate of drug-likeness (QED) is 0.507. The molecule has 0 bridgehead atoms. The number of nitrogens with zero attached hydrogens (tertiary/aromatic N) is 1. The van der Waals surface area contributed by atoms with Crippen LogP contribution in [0.4, 0.5) is 0 Å². The van der Waals surface area contributed by atoms with Crippen molar-refractivity contribution in [2.24, 2.45) is 11.8 Å². The minimum Gasteiger partial charge on any atom is -0.286 e. The van der Waals surface area contributed by atoms with E-state index < -0.39 is 27.2 Å². The monoisotopic (exact) mass is 435 g/mol. The van der Waals surface area contributed by atoms with Crippen LogP contribution in [0.3, 0.4) is 0 Å². The lowest BCUT2D eigenvalue weighted by molar-refractivity contribution is -0.142. The molecule has 29 heavy (non-hydrogen) atoms. The SMILES string of the molecule is CC(C)(C)SC(=O)C(C(=O)SC(C)(C)C)[C@@H]1CC(=O)N(Cc2ccccc2)C1=O. The Morgan fingerprint density at radius 2 is 1.45 bits per heavy atom. The van der Waals surface area contributed by atoms with Gasteiger partial charge in [0.25, 0.3) is 0 Å². The van der Waals surface area contributed by atoms with E-state index in [0.717, 1.165) is 29.1 Å². The average Bonchev–Trinajstić information content (AvgIpc) is 2.81. The Labute approximate surface area is 181 Å². The van der Waals surface area contributed by atoms with E-state index in [2.05, 4.69) is 0 Å². The lowest BCUT2D eigenvalue weighted by Gasteiger charge is -2.26. The molecule has 0 aromatic heterocycles. The van der Waals surface area contributed by atoms with E-state index in [4.69, 9.17) is 0 Å². The molecule has 1 fully saturated rings. The minimum absolute atomic E-state index is 0.108. The fourth-order valence-corrected chi connectivity index (χ4v) is 5.13. The zero-order chi connectivity index (χ0) is 22.0. The predicted molar refractivity (Wildman–Crippen MR) is 118 cm³/mol. The van der Waals surface area contributed by atoms with Gasteiger partial charge < -0.3 is 0 Å². The van der Waals surface area contributed by atoms with Gasteiger partial charge in [-0.2, -0.15) is 0 Å². The Bertz CT molecular complexity index is 765. The van der Waals surface area contributed by atoms with Crippen LogP contribution < -0.4 is 0 Å². The molecular weight excluding hydrogens is 406 g/mol. The average molecular weight is 436 g/mol. The van der Waals surface area contributed by atoms with Crippen molar-refractivity contribution in [3.05, 3.63) is 35.9 Å². The first-order valence-electron chi connectivity index (χ1n) is 9.62. The lowest BCUT2D eigenvalue weighted by Crippen LogP contribution is -2.37. The van der Waals surface area contributed by atoms with E-state index in [9.17, 15) is 19.2 Å². The van der Waals surface area contributed by atoms with Gasteiger partial charge >= 0.3 is 0 Å². The number of hydrogen-bond acceptors (Lipinski definition) is 6. The van der Waals surface area contributed by atoms with Crippen molar-refractivity contribution in [3.63, 3.8) is 0 Å². The lowest BCUT2D eigenvalue weighted by atomic mass is 9.93. The van der Waals surface area contributed by atoms with Gasteiger partial charge in [-0.15, -0.1) is 0 Å². The van der Waals surface area contributed by atoms with E-state index in [-0.39, 0.29) is 29.1 Å². The number of carbonyl (C=O) groups is 4. The van der Waals surface area contributed by atoms with Crippen molar-refractivity contribution >= 4 is 45.6 Å². The van der Waals surface area contributed by atoms with Crippen molar-refractivity contribution in [2.75, 3.05) is 0 Å². The van der Waals surface area contributed by atoms with Gasteiger partial charge in [0, 0.05) is 15.9 Å². The van der Waals surface area contributed by atoms with Crippen molar-refractivity contribution < 1.29 is 19.2 Å². The van der Waals surface area contributed by atoms with Gasteiger partial charge in [0.15, 0.2) is 0 Å². The molecule has 1 saturated heterocycles. The fraction of sp³-hybridized carbons (Fsp3) is 0.545. The number of carbonyl (C=O) groups excluding carboxylic acids is 4. The van der Waals surface area contributed by atoms with E-state index in [1.54, 1.807) is 0 Å². The van der Waals surface area contributed by atoms with Gasteiger partial charge in [-0.05, 0) is 5.56 Å². The maximum atomic E-state index is 13.1. The number of thioether (sulfide) groups is 2. The maximum Gasteiger partial charge on any atom is 0.234 e. The van der Waals surface area contributed by atoms with E-state index >= 15 is 0 Å². The van der Waals surface area contributed by atoms with E-state index in [1.807, 2.05) is 71.9 Å². The molecule has 0 unspecified atom stereocenters. The normalized spacial score (nSPS) is 17.9. The van der Waals surface area contributed by atoms with Gasteiger partial charge in [-0.1, -0.05) is 95.4 Å². The smallest absolute Gasteiger partial charge is 0.234 e. The van der Waals surface area contributed by atoms with Crippen LogP contribution in [0.5, 0.6) is 0 Å². The summed E-state index contributed by atoms with van der Waals surface area (Å²) in [6.45, 7) is 11.5. The summed E-state index contributed by atoms with van der Waals surface area (Å²) in [5.41, 5.74) is 0.831. The molecule has 0 N–H and O–H groups in total. The van der Waals surface area contributed by atoms with Crippen molar-refractivity contribution in [3.8, 4) is 0 Å². The second-order valence-corrected chi connectivity index (χ2v) is 12.8. The molecule has 0 saturated carbocycles. The van der Waals surface area contributed by atoms with Crippen LogP contribution in [0.25, 0.3) is 0 Å². The van der Waals surface area contributed by atoms with Gasteiger partial charge in [0.2, 0.25) is 22.0 Å². The van der Waals surface area contributed by atoms with Crippen LogP contribution >= 0.6 is 23.5 Å². The number of imide groups is 1. The van der Waals surface area contributed by atoms with Crippen LogP contribution in [-0.4, -0.2) is 36.4 Å². The third-order valence-electron chi connectivity index (χ3n) is 4.19. The van der Waals surface area contributed by atoms with Crippen molar-refractivity contribution in [2.45, 2.75) is 64.0 Å². The van der Waals surface area contributed by atoms with Gasteiger partial charge in [-0.25, -0.2) is 0 Å². The molecule has 0 aliphatic carbocycles. The first kappa shape index (κ1) is 23.7. The van der Waals surface area contributed by atoms with Crippen molar-refractivity contribution in [1.29, 1.82) is 0 Å². The second kappa shape index (κ2) is 9.04. The number of benzene rings is 1. The number of rotatable bonds is 5. The Kier molecular flexibility index (Phi) is 7.38. The molecular formula is C22H29NO4S2. The molecule has 1 aromatic carbocycles. The molecule has 1 aromatic rings. The zero-order valence-corrected chi connectivity index (χ0v) is 19.5. The Morgan fingerprint density at radius 3 is 1.90 bits per heavy atom. The van der Waals surface area contributed by atoms with Crippen LogP contribution in [-0.2, 0) is 25.7 Å². The molecule has 1 aliphatic heterocycles. The molecule has 1 aliphatic rings. The summed E-state index contributed by atoms with van der Waals surface area (Å²) in [7, 11) is 0. The number of hydrogen-bond donors (Lipinski definition) is 0. The summed E-state index contributed by atoms with van der Waals surface area (Å²) in [4.78, 5) is 52.9. The largest absolute Gasteiger partial charge is 0.286 e. The summed E-state index contributed by atoms with van der Waals surface area (Å²) in [6, 6.07) is 9.22. The van der Waals surface area contributed by atoms with E-state index in [0.29, 0.717) is 0 Å². The third-order valence-corrected chi connectivity index (χ3v) is 6.32. The Morgan fingerprint density at radius 1 is 0.966 bits per heavy atom. The maximum absolute atomic E-state index is 13.1. The number of likely N-dealkylation sites (tertiary alicyclic amines) is 1. The third kappa shape index (κ3) is 6.71. The van der Waals surface area contributed by atoms with Gasteiger partial charge in [0.1, 0.15) is 5.92 Å². The summed E-state index contributed by atoms with van der Waals surface area (Å²) in [5, 5.41) is -0.682. The summed E-state index contributed by atoms with van der Waals surface area (Å²) >= 11 is 2.12. The molecule has 158 valence electrons. The zero-order valence-electron chi connectivity index (χ0n) is 17.9. The van der Waals surface area contributed by atoms with Gasteiger partial charge in [0.05, 0.1) is 12.5 Å². The first-order valence-corrected chi connectivity index (χ1v) is 11.3. The summed E-state index contributed by atoms with van der Waals surface area (Å²) in [6.07, 6.45) is -0.108. The van der Waals surface area contributed by atoms with Crippen LogP contribution in [0.1, 0.15) is 53.5 Å². The molecule has 2 amide bonds. The highest BCUT2D eigenvalue weighted by atomic mass is 32.2. The Hall–Kier alpha value is -1.60. The molecule has 5 nitrogen and oxygen atoms in total. The minimum atomic E-state index is -1.12. The highest BCUT2D eigenvalue weighted by Gasteiger charge is 2.49. The standard InChI is InChI=1S/C22H29NO4S2/c1-21(2,3)28-19(26)17(20(27)29-22(4,5)6)15-12-16(24)23(18(15)25)13-14-10-8-7-9-11-14/h7-11,15,17H,12-13H2,1-6H3/t15-/m0/s1. The van der Waals surface area contributed by atoms with Crippen molar-refractivity contribution in [1.82, 2.24) is 4.90 Å². The topological polar surface area (TPSA) is 71.5 Å². The fourth-order valence-electron chi connectivity index (χ4n) is 3.06. The first-order chi connectivity index (χ1) is 13.3. The number of amides is 2. The molecule has 1 atom stereocenters. The molecule has 0 radical (unpaired) electrons. The second-order valence-electron chi connectivity index (χ2n) is 9.16. The summed E-state index contributed by atoms with van der Waals surface area (Å²) in [5.74, 6) is -2.83. The van der Waals surface area contributed by atoms with Crippen LogP contribution in [0, 0.1) is 11.8 Å². The molecule has 2 rings (SSSR count). The van der Waals surface area contributed by atoms with Gasteiger partial charge in [-0.3, -0.25) is 24.1 Å². The molecule has 7 heteroatoms. The molecule has 0 spiro atoms. The Balaban J connectivity index is 2.29. The van der Waals surface area contributed by atoms with E-state index in [1.165, 1.54) is 4.90 Å². The highest BCUT2D eigenvalue weighted by Crippen LogP contribution is 2.39. The van der Waals surface area contributed by atoms with Crippen LogP contribution in [0.15, 0.2) is 30.3 Å². The molecule has 1 heterocycles. The van der Waals surface area contributed by atoms with Crippen LogP contribution in [0.2, 0.25) is 0 Å². The highest BCUT2D eigenvalue weighted by molar-refractivity contribution is 8.16. The summed E-state index contributed by atoms with van der Waals surface area (Å²) < 4.78 is -0.783. The predicted octanol–water partition coefficient (Wildman–Crippen LogP) is 4.29.